The topological polar surface area (TPSA) is 42.0 Å². The van der Waals surface area contributed by atoms with E-state index in [4.69, 9.17) is 0 Å². The van der Waals surface area contributed by atoms with E-state index in [1.165, 1.54) is 16.7 Å². The second-order valence-electron chi connectivity index (χ2n) is 5.11. The van der Waals surface area contributed by atoms with Crippen molar-refractivity contribution in [3.63, 3.8) is 0 Å². The van der Waals surface area contributed by atoms with Crippen molar-refractivity contribution in [2.24, 2.45) is 0 Å². The fourth-order valence-electron chi connectivity index (χ4n) is 2.22. The van der Waals surface area contributed by atoms with E-state index in [0.29, 0.717) is 6.54 Å². The van der Waals surface area contributed by atoms with Crippen LogP contribution in [0.3, 0.4) is 0 Å². The Balaban J connectivity index is 2.15. The monoisotopic (exact) mass is 268 g/mol. The van der Waals surface area contributed by atoms with E-state index >= 15 is 0 Å². The fourth-order valence-corrected chi connectivity index (χ4v) is 2.22. The number of aromatic nitrogens is 1. The van der Waals surface area contributed by atoms with Gasteiger partial charge in [-0.25, -0.2) is 0 Å². The summed E-state index contributed by atoms with van der Waals surface area (Å²) in [7, 11) is 0. The van der Waals surface area contributed by atoms with Crippen molar-refractivity contribution in [2.45, 2.75) is 26.2 Å². The highest BCUT2D eigenvalue weighted by Gasteiger charge is 2.13. The zero-order chi connectivity index (χ0) is 14.4. The number of carbonyl (C=O) groups is 1. The molecule has 104 valence electrons. The zero-order valence-electron chi connectivity index (χ0n) is 12.0. The van der Waals surface area contributed by atoms with Crippen LogP contribution in [0.5, 0.6) is 0 Å². The Morgan fingerprint density at radius 2 is 2.00 bits per heavy atom. The van der Waals surface area contributed by atoms with E-state index in [2.05, 4.69) is 47.6 Å². The van der Waals surface area contributed by atoms with E-state index in [1.807, 2.05) is 12.3 Å². The Bertz CT molecular complexity index is 549. The number of hydrogen-bond acceptors (Lipinski definition) is 2. The largest absolute Gasteiger partial charge is 0.356 e. The zero-order valence-corrected chi connectivity index (χ0v) is 12.0. The number of aryl methyl sites for hydroxylation is 1. The van der Waals surface area contributed by atoms with Crippen LogP contribution in [0.2, 0.25) is 0 Å². The minimum absolute atomic E-state index is 0.00768. The van der Waals surface area contributed by atoms with Gasteiger partial charge in [-0.3, -0.25) is 9.78 Å². The number of nitrogens with zero attached hydrogens (tertiary/aromatic N) is 1. The molecule has 1 atom stereocenters. The van der Waals surface area contributed by atoms with Crippen molar-refractivity contribution in [3.05, 3.63) is 65.5 Å². The minimum Gasteiger partial charge on any atom is -0.356 e. The molecule has 0 bridgehead atoms. The molecule has 0 radical (unpaired) electrons. The molecule has 0 aliphatic heterocycles. The lowest BCUT2D eigenvalue weighted by atomic mass is 9.92. The molecule has 3 nitrogen and oxygen atoms in total. The van der Waals surface area contributed by atoms with Crippen molar-refractivity contribution in [1.29, 1.82) is 0 Å². The van der Waals surface area contributed by atoms with Crippen molar-refractivity contribution < 1.29 is 4.79 Å². The molecule has 1 unspecified atom stereocenters. The molecule has 1 N–H and O–H groups in total. The van der Waals surface area contributed by atoms with Crippen LogP contribution in [0.1, 0.15) is 29.5 Å². The van der Waals surface area contributed by atoms with Gasteiger partial charge in [0.2, 0.25) is 5.91 Å². The summed E-state index contributed by atoms with van der Waals surface area (Å²) in [4.78, 5) is 15.3. The molecule has 0 spiro atoms. The average molecular weight is 268 g/mol. The quantitative estimate of drug-likeness (QED) is 0.906. The summed E-state index contributed by atoms with van der Waals surface area (Å²) < 4.78 is 0. The maximum Gasteiger partial charge on any atom is 0.216 e. The van der Waals surface area contributed by atoms with Crippen LogP contribution in [-0.4, -0.2) is 17.4 Å². The van der Waals surface area contributed by atoms with Crippen LogP contribution in [0.4, 0.5) is 0 Å². The minimum atomic E-state index is 0.00768. The van der Waals surface area contributed by atoms with Crippen molar-refractivity contribution in [1.82, 2.24) is 10.3 Å². The van der Waals surface area contributed by atoms with Crippen LogP contribution in [0.15, 0.2) is 48.8 Å². The van der Waals surface area contributed by atoms with Gasteiger partial charge in [0.1, 0.15) is 0 Å². The smallest absolute Gasteiger partial charge is 0.216 e. The molecule has 0 fully saturated rings. The highest BCUT2D eigenvalue weighted by molar-refractivity contribution is 5.72. The molecule has 2 rings (SSSR count). The molecule has 1 aromatic carbocycles. The third-order valence-electron chi connectivity index (χ3n) is 3.35. The lowest BCUT2D eigenvalue weighted by Gasteiger charge is -2.18. The third kappa shape index (κ3) is 4.19. The molecule has 1 amide bonds. The van der Waals surface area contributed by atoms with E-state index in [-0.39, 0.29) is 11.8 Å². The Morgan fingerprint density at radius 1 is 1.25 bits per heavy atom. The highest BCUT2D eigenvalue weighted by Crippen LogP contribution is 2.20. The van der Waals surface area contributed by atoms with Gasteiger partial charge in [-0.15, -0.1) is 0 Å². The van der Waals surface area contributed by atoms with E-state index < -0.39 is 0 Å². The van der Waals surface area contributed by atoms with Crippen LogP contribution >= 0.6 is 0 Å². The Morgan fingerprint density at radius 3 is 2.60 bits per heavy atom. The first-order valence-corrected chi connectivity index (χ1v) is 6.85. The van der Waals surface area contributed by atoms with Gasteiger partial charge in [-0.05, 0) is 30.5 Å². The van der Waals surface area contributed by atoms with Gasteiger partial charge in [-0.2, -0.15) is 0 Å². The van der Waals surface area contributed by atoms with E-state index in [1.54, 1.807) is 13.1 Å². The molecule has 1 heterocycles. The van der Waals surface area contributed by atoms with E-state index in [9.17, 15) is 4.79 Å². The van der Waals surface area contributed by atoms with Crippen LogP contribution in [0.25, 0.3) is 0 Å². The lowest BCUT2D eigenvalue weighted by Crippen LogP contribution is -2.27. The summed E-state index contributed by atoms with van der Waals surface area (Å²) in [5.41, 5.74) is 3.67. The number of rotatable bonds is 5. The van der Waals surface area contributed by atoms with Crippen LogP contribution in [0, 0.1) is 6.92 Å². The SMILES string of the molecule is CC(=O)NCC(Cc1cccnc1)c1ccc(C)cc1. The summed E-state index contributed by atoms with van der Waals surface area (Å²) in [6.45, 7) is 4.28. The van der Waals surface area contributed by atoms with Crippen molar-refractivity contribution >= 4 is 5.91 Å². The number of carbonyl (C=O) groups excluding carboxylic acids is 1. The predicted octanol–water partition coefficient (Wildman–Crippen LogP) is 2.85. The Labute approximate surface area is 120 Å². The standard InChI is InChI=1S/C17H20N2O/c1-13-5-7-16(8-6-13)17(12-19-14(2)20)10-15-4-3-9-18-11-15/h3-9,11,17H,10,12H2,1-2H3,(H,19,20). The Kier molecular flexibility index (Phi) is 4.88. The Hall–Kier alpha value is -2.16. The summed E-state index contributed by atoms with van der Waals surface area (Å²) in [5, 5.41) is 2.92. The first kappa shape index (κ1) is 14.3. The van der Waals surface area contributed by atoms with Gasteiger partial charge >= 0.3 is 0 Å². The molecule has 3 heteroatoms. The van der Waals surface area contributed by atoms with Crippen molar-refractivity contribution in [3.8, 4) is 0 Å². The first-order valence-electron chi connectivity index (χ1n) is 6.85. The summed E-state index contributed by atoms with van der Waals surface area (Å²) in [5.74, 6) is 0.275. The van der Waals surface area contributed by atoms with Gasteiger partial charge in [0, 0.05) is 31.8 Å². The van der Waals surface area contributed by atoms with E-state index in [0.717, 1.165) is 6.42 Å². The molecular weight excluding hydrogens is 248 g/mol. The molecular formula is C17H20N2O. The van der Waals surface area contributed by atoms with Gasteiger partial charge in [0.25, 0.3) is 0 Å². The maximum absolute atomic E-state index is 11.2. The number of pyridine rings is 1. The molecule has 0 saturated carbocycles. The lowest BCUT2D eigenvalue weighted by molar-refractivity contribution is -0.119. The van der Waals surface area contributed by atoms with Gasteiger partial charge < -0.3 is 5.32 Å². The molecule has 20 heavy (non-hydrogen) atoms. The molecule has 1 aromatic heterocycles. The second-order valence-corrected chi connectivity index (χ2v) is 5.11. The first-order chi connectivity index (χ1) is 9.65. The number of benzene rings is 1. The van der Waals surface area contributed by atoms with Gasteiger partial charge in [0.15, 0.2) is 0 Å². The van der Waals surface area contributed by atoms with Gasteiger partial charge in [-0.1, -0.05) is 35.9 Å². The summed E-state index contributed by atoms with van der Waals surface area (Å²) >= 11 is 0. The highest BCUT2D eigenvalue weighted by atomic mass is 16.1. The number of nitrogens with one attached hydrogen (secondary N) is 1. The van der Waals surface area contributed by atoms with Crippen LogP contribution in [-0.2, 0) is 11.2 Å². The third-order valence-corrected chi connectivity index (χ3v) is 3.35. The molecule has 0 saturated heterocycles. The maximum atomic E-state index is 11.2. The predicted molar refractivity (Wildman–Crippen MR) is 80.5 cm³/mol. The summed E-state index contributed by atoms with van der Waals surface area (Å²) in [6, 6.07) is 12.5. The number of amides is 1. The molecule has 0 aliphatic rings. The van der Waals surface area contributed by atoms with Crippen molar-refractivity contribution in [2.75, 3.05) is 6.54 Å². The summed E-state index contributed by atoms with van der Waals surface area (Å²) in [6.07, 6.45) is 4.53. The molecule has 2 aromatic rings. The van der Waals surface area contributed by atoms with Gasteiger partial charge in [0.05, 0.1) is 0 Å². The average Bonchev–Trinajstić information content (AvgIpc) is 2.45. The normalized spacial score (nSPS) is 11.9. The fraction of sp³-hybridized carbons (Fsp3) is 0.294. The molecule has 0 aliphatic carbocycles. The van der Waals surface area contributed by atoms with Crippen LogP contribution < -0.4 is 5.32 Å². The second kappa shape index (κ2) is 6.85. The number of hydrogen-bond donors (Lipinski definition) is 1.